The molecular weight excluding hydrogens is 695 g/mol. The highest BCUT2D eigenvalue weighted by Crippen LogP contribution is 2.48. The van der Waals surface area contributed by atoms with Crippen LogP contribution >= 0.6 is 11.8 Å². The second kappa shape index (κ2) is 18.7. The van der Waals surface area contributed by atoms with Crippen molar-refractivity contribution in [1.82, 2.24) is 10.6 Å². The zero-order valence-corrected chi connectivity index (χ0v) is 32.6. The lowest BCUT2D eigenvalue weighted by molar-refractivity contribution is -0.143. The first kappa shape index (κ1) is 39.9. The van der Waals surface area contributed by atoms with E-state index in [9.17, 15) is 14.4 Å². The van der Waals surface area contributed by atoms with Crippen LogP contribution in [0.1, 0.15) is 74.0 Å². The summed E-state index contributed by atoms with van der Waals surface area (Å²) in [6.45, 7) is 7.95. The molecule has 0 heterocycles. The molecule has 0 saturated carbocycles. The van der Waals surface area contributed by atoms with Crippen LogP contribution in [0.5, 0.6) is 0 Å². The number of thioether (sulfide) groups is 1. The van der Waals surface area contributed by atoms with Crippen LogP contribution in [-0.4, -0.2) is 55.1 Å². The van der Waals surface area contributed by atoms with E-state index in [4.69, 9.17) is 9.47 Å². The molecule has 5 aromatic rings. The molecule has 0 bridgehead atoms. The molecule has 54 heavy (non-hydrogen) atoms. The number of methoxy groups -OCH3 is 1. The summed E-state index contributed by atoms with van der Waals surface area (Å²) >= 11 is 1.76. The summed E-state index contributed by atoms with van der Waals surface area (Å²) in [5.41, 5.74) is 3.96. The standard InChI is InChI=1S/C45H51N3O5S/c1-6-7-28-40(42(50)52-5)48-41(49)38-27-17-26-37-36(38)25-18-29-39(37)46-30-35(47-43(51)53-44(2,3)4)31-54-45(32-19-11-8-12-20-32,33-21-13-9-14-22-33)34-23-15-10-16-24-34/h8-27,29,35,40,46H,6-7,28,30-31H2,1-5H3,(H,47,51)(H,48,49)/t35-,40+/m1/s1. The summed E-state index contributed by atoms with van der Waals surface area (Å²) < 4.78 is 10.1. The smallest absolute Gasteiger partial charge is 0.407 e. The molecule has 0 aliphatic rings. The van der Waals surface area contributed by atoms with Crippen molar-refractivity contribution >= 4 is 46.2 Å². The van der Waals surface area contributed by atoms with Gasteiger partial charge in [-0.15, -0.1) is 11.8 Å². The molecule has 8 nitrogen and oxygen atoms in total. The summed E-state index contributed by atoms with van der Waals surface area (Å²) in [4.78, 5) is 39.4. The Morgan fingerprint density at radius 2 is 1.26 bits per heavy atom. The third-order valence-electron chi connectivity index (χ3n) is 9.11. The number of carbonyl (C=O) groups is 3. The minimum absolute atomic E-state index is 0.343. The largest absolute Gasteiger partial charge is 0.467 e. The molecule has 0 aliphatic carbocycles. The second-order valence-electron chi connectivity index (χ2n) is 14.2. The van der Waals surface area contributed by atoms with Crippen LogP contribution in [0.3, 0.4) is 0 Å². The van der Waals surface area contributed by atoms with E-state index in [1.165, 1.54) is 7.11 Å². The van der Waals surface area contributed by atoms with E-state index >= 15 is 0 Å². The van der Waals surface area contributed by atoms with Crippen LogP contribution < -0.4 is 16.0 Å². The van der Waals surface area contributed by atoms with Gasteiger partial charge in [-0.25, -0.2) is 9.59 Å². The summed E-state index contributed by atoms with van der Waals surface area (Å²) in [6, 6.07) is 41.6. The number of ether oxygens (including phenoxy) is 2. The second-order valence-corrected chi connectivity index (χ2v) is 15.4. The summed E-state index contributed by atoms with van der Waals surface area (Å²) in [7, 11) is 1.33. The molecule has 0 radical (unpaired) electrons. The molecule has 0 unspecified atom stereocenters. The number of hydrogen-bond acceptors (Lipinski definition) is 7. The number of rotatable bonds is 16. The minimum atomic E-state index is -0.731. The number of alkyl carbamates (subject to hydrolysis) is 1. The number of hydrogen-bond donors (Lipinski definition) is 3. The number of unbranched alkanes of at least 4 members (excludes halogenated alkanes) is 1. The number of amides is 2. The van der Waals surface area contributed by atoms with Crippen molar-refractivity contribution in [2.45, 2.75) is 69.4 Å². The van der Waals surface area contributed by atoms with Gasteiger partial charge in [0.1, 0.15) is 11.6 Å². The molecule has 9 heteroatoms. The van der Waals surface area contributed by atoms with Gasteiger partial charge in [0.25, 0.3) is 5.91 Å². The van der Waals surface area contributed by atoms with Crippen LogP contribution in [0.2, 0.25) is 0 Å². The predicted molar refractivity (Wildman–Crippen MR) is 220 cm³/mol. The van der Waals surface area contributed by atoms with E-state index in [1.807, 2.05) is 76.2 Å². The predicted octanol–water partition coefficient (Wildman–Crippen LogP) is 9.33. The third kappa shape index (κ3) is 10.0. The highest BCUT2D eigenvalue weighted by molar-refractivity contribution is 8.00. The van der Waals surface area contributed by atoms with E-state index in [1.54, 1.807) is 17.8 Å². The molecular formula is C45H51N3O5S. The molecule has 282 valence electrons. The average Bonchev–Trinajstić information content (AvgIpc) is 3.18. The fourth-order valence-electron chi connectivity index (χ4n) is 6.55. The molecule has 2 atom stereocenters. The number of fused-ring (bicyclic) bond motifs is 1. The van der Waals surface area contributed by atoms with Crippen molar-refractivity contribution in [3.8, 4) is 0 Å². The topological polar surface area (TPSA) is 106 Å². The quantitative estimate of drug-likeness (QED) is 0.0683. The Balaban J connectivity index is 1.47. The van der Waals surface area contributed by atoms with Gasteiger partial charge in [0, 0.05) is 28.9 Å². The normalized spacial score (nSPS) is 12.7. The zero-order chi connectivity index (χ0) is 38.6. The molecule has 0 spiro atoms. The van der Waals surface area contributed by atoms with E-state index in [2.05, 4.69) is 88.7 Å². The number of benzene rings is 5. The van der Waals surface area contributed by atoms with Crippen molar-refractivity contribution in [1.29, 1.82) is 0 Å². The van der Waals surface area contributed by atoms with Crippen LogP contribution in [0.25, 0.3) is 10.8 Å². The van der Waals surface area contributed by atoms with E-state index in [0.717, 1.165) is 46.0 Å². The maximum atomic E-state index is 13.6. The highest BCUT2D eigenvalue weighted by atomic mass is 32.2. The van der Waals surface area contributed by atoms with Crippen LogP contribution in [0, 0.1) is 0 Å². The molecule has 5 rings (SSSR count). The fourth-order valence-corrected chi connectivity index (χ4v) is 8.11. The molecule has 0 saturated heterocycles. The molecule has 0 aromatic heterocycles. The van der Waals surface area contributed by atoms with Gasteiger partial charge in [-0.05, 0) is 61.4 Å². The monoisotopic (exact) mass is 745 g/mol. The highest BCUT2D eigenvalue weighted by Gasteiger charge is 2.38. The van der Waals surface area contributed by atoms with Gasteiger partial charge in [-0.2, -0.15) is 0 Å². The lowest BCUT2D eigenvalue weighted by Gasteiger charge is -2.37. The lowest BCUT2D eigenvalue weighted by atomic mass is 9.84. The Morgan fingerprint density at radius 1 is 0.704 bits per heavy atom. The molecule has 0 fully saturated rings. The fraction of sp³-hybridized carbons (Fsp3) is 0.311. The van der Waals surface area contributed by atoms with Gasteiger partial charge in [-0.1, -0.05) is 135 Å². The van der Waals surface area contributed by atoms with Crippen molar-refractivity contribution in [3.05, 3.63) is 150 Å². The van der Waals surface area contributed by atoms with Gasteiger partial charge in [-0.3, -0.25) is 4.79 Å². The van der Waals surface area contributed by atoms with Crippen molar-refractivity contribution in [2.75, 3.05) is 24.7 Å². The summed E-state index contributed by atoms with van der Waals surface area (Å²) in [6.07, 6.45) is 1.67. The summed E-state index contributed by atoms with van der Waals surface area (Å²) in [5.74, 6) is -0.281. The first-order valence-electron chi connectivity index (χ1n) is 18.5. The number of esters is 1. The van der Waals surface area contributed by atoms with Gasteiger partial charge in [0.15, 0.2) is 0 Å². The van der Waals surface area contributed by atoms with Gasteiger partial charge in [0.05, 0.1) is 17.9 Å². The van der Waals surface area contributed by atoms with Crippen molar-refractivity contribution < 1.29 is 23.9 Å². The third-order valence-corrected chi connectivity index (χ3v) is 10.8. The van der Waals surface area contributed by atoms with Gasteiger partial charge < -0.3 is 25.4 Å². The van der Waals surface area contributed by atoms with Crippen molar-refractivity contribution in [3.63, 3.8) is 0 Å². The lowest BCUT2D eigenvalue weighted by Crippen LogP contribution is -2.45. The Labute approximate surface area is 323 Å². The van der Waals surface area contributed by atoms with Crippen LogP contribution in [-0.2, 0) is 19.0 Å². The molecule has 0 aliphatic heterocycles. The van der Waals surface area contributed by atoms with E-state index in [0.29, 0.717) is 24.3 Å². The molecule has 3 N–H and O–H groups in total. The first-order chi connectivity index (χ1) is 26.1. The average molecular weight is 746 g/mol. The van der Waals surface area contributed by atoms with E-state index < -0.39 is 28.5 Å². The number of carbonyl (C=O) groups excluding carboxylic acids is 3. The van der Waals surface area contributed by atoms with Gasteiger partial charge in [0.2, 0.25) is 0 Å². The first-order valence-corrected chi connectivity index (χ1v) is 19.5. The molecule has 5 aromatic carbocycles. The maximum Gasteiger partial charge on any atom is 0.407 e. The minimum Gasteiger partial charge on any atom is -0.467 e. The van der Waals surface area contributed by atoms with Crippen LogP contribution in [0.4, 0.5) is 10.5 Å². The number of nitrogens with one attached hydrogen (secondary N) is 3. The SMILES string of the molecule is CCCC[C@H](NC(=O)c1cccc2c(NC[C@H](CSC(c3ccccc3)(c3ccccc3)c3ccccc3)NC(=O)OC(C)(C)C)cccc12)C(=O)OC. The Kier molecular flexibility index (Phi) is 13.8. The zero-order valence-electron chi connectivity index (χ0n) is 31.8. The van der Waals surface area contributed by atoms with Gasteiger partial charge >= 0.3 is 12.1 Å². The summed E-state index contributed by atoms with van der Waals surface area (Å²) in [5, 5.41) is 11.2. The van der Waals surface area contributed by atoms with Crippen LogP contribution in [0.15, 0.2) is 127 Å². The van der Waals surface area contributed by atoms with E-state index in [-0.39, 0.29) is 11.9 Å². The number of anilines is 1. The van der Waals surface area contributed by atoms with Crippen molar-refractivity contribution in [2.24, 2.45) is 0 Å². The Hall–Kier alpha value is -5.28. The molecule has 2 amide bonds. The Morgan fingerprint density at radius 3 is 1.80 bits per heavy atom. The maximum absolute atomic E-state index is 13.6. The Bertz CT molecular complexity index is 1890.